The summed E-state index contributed by atoms with van der Waals surface area (Å²) in [6.45, 7) is 1.81. The van der Waals surface area contributed by atoms with E-state index in [1.54, 1.807) is 12.1 Å². The predicted octanol–water partition coefficient (Wildman–Crippen LogP) is 3.02. The molecule has 0 saturated carbocycles. The van der Waals surface area contributed by atoms with Gasteiger partial charge >= 0.3 is 0 Å². The van der Waals surface area contributed by atoms with Crippen molar-refractivity contribution in [2.24, 2.45) is 0 Å². The number of nitrogens with zero attached hydrogens (tertiary/aromatic N) is 2. The van der Waals surface area contributed by atoms with Gasteiger partial charge in [-0.2, -0.15) is 9.40 Å². The van der Waals surface area contributed by atoms with Crippen LogP contribution in [0.25, 0.3) is 0 Å². The van der Waals surface area contributed by atoms with Crippen LogP contribution >= 0.6 is 0 Å². The van der Waals surface area contributed by atoms with Gasteiger partial charge in [0.05, 0.1) is 17.0 Å². The fourth-order valence-electron chi connectivity index (χ4n) is 4.80. The van der Waals surface area contributed by atoms with Crippen LogP contribution in [0.5, 0.6) is 0 Å². The minimum Gasteiger partial charge on any atom is -0.383 e. The number of carbonyl (C=O) groups is 1. The maximum absolute atomic E-state index is 13.7. The normalized spacial score (nSPS) is 18.2. The van der Waals surface area contributed by atoms with Gasteiger partial charge in [0.2, 0.25) is 10.0 Å². The highest BCUT2D eigenvalue weighted by atomic mass is 32.2. The van der Waals surface area contributed by atoms with E-state index in [1.165, 1.54) is 0 Å². The van der Waals surface area contributed by atoms with Gasteiger partial charge in [0.1, 0.15) is 11.6 Å². The average Bonchev–Trinajstić information content (AvgIpc) is 3.52. The molecule has 3 N–H and O–H groups in total. The molecule has 2 aliphatic rings. The molecule has 0 unspecified atom stereocenters. The number of benzene rings is 2. The number of sulfonamides is 1. The van der Waals surface area contributed by atoms with Crippen LogP contribution in [0.2, 0.25) is 0 Å². The van der Waals surface area contributed by atoms with Gasteiger partial charge in [0, 0.05) is 60.7 Å². The Morgan fingerprint density at radius 1 is 1.17 bits per heavy atom. The smallest absolute Gasteiger partial charge is 0.243 e. The van der Waals surface area contributed by atoms with Crippen LogP contribution in [0.3, 0.4) is 0 Å². The van der Waals surface area contributed by atoms with Gasteiger partial charge in [-0.25, -0.2) is 17.2 Å². The van der Waals surface area contributed by atoms with E-state index >= 15 is 0 Å². The molecule has 5 rings (SSSR count). The van der Waals surface area contributed by atoms with Crippen molar-refractivity contribution in [3.63, 3.8) is 0 Å². The molecule has 11 heteroatoms. The second kappa shape index (κ2) is 10.1. The molecule has 1 fully saturated rings. The summed E-state index contributed by atoms with van der Waals surface area (Å²) in [5.41, 5.74) is 3.14. The Kier molecular flexibility index (Phi) is 6.87. The molecule has 0 radical (unpaired) electrons. The Morgan fingerprint density at radius 3 is 2.69 bits per heavy atom. The van der Waals surface area contributed by atoms with E-state index in [0.29, 0.717) is 35.3 Å². The number of aromatic nitrogens is 2. The molecule has 0 amide bonds. The van der Waals surface area contributed by atoms with Crippen molar-refractivity contribution in [1.82, 2.24) is 19.8 Å². The maximum Gasteiger partial charge on any atom is 0.243 e. The van der Waals surface area contributed by atoms with Crippen molar-refractivity contribution in [2.45, 2.75) is 43.2 Å². The second-order valence-electron chi connectivity index (χ2n) is 9.14. The van der Waals surface area contributed by atoms with Crippen molar-refractivity contribution in [2.75, 3.05) is 25.0 Å². The van der Waals surface area contributed by atoms with Crippen LogP contribution in [-0.2, 0) is 29.4 Å². The molecule has 1 atom stereocenters. The summed E-state index contributed by atoms with van der Waals surface area (Å²) in [6, 6.07) is 9.91. The highest BCUT2D eigenvalue weighted by Gasteiger charge is 2.32. The Bertz CT molecular complexity index is 1370. The summed E-state index contributed by atoms with van der Waals surface area (Å²) >= 11 is 0. The number of rotatable bonds is 8. The van der Waals surface area contributed by atoms with Crippen LogP contribution in [0.4, 0.5) is 14.5 Å². The molecule has 190 valence electrons. The molecule has 8 nitrogen and oxygen atoms in total. The van der Waals surface area contributed by atoms with Gasteiger partial charge in [-0.3, -0.25) is 9.89 Å². The van der Waals surface area contributed by atoms with E-state index in [2.05, 4.69) is 20.8 Å². The minimum absolute atomic E-state index is 0.00527. The third-order valence-electron chi connectivity index (χ3n) is 6.71. The van der Waals surface area contributed by atoms with Gasteiger partial charge in [-0.1, -0.05) is 12.1 Å². The van der Waals surface area contributed by atoms with E-state index in [9.17, 15) is 22.0 Å². The van der Waals surface area contributed by atoms with Gasteiger partial charge in [-0.15, -0.1) is 0 Å². The van der Waals surface area contributed by atoms with Gasteiger partial charge in [-0.05, 0) is 43.7 Å². The summed E-state index contributed by atoms with van der Waals surface area (Å²) < 4.78 is 54.7. The number of para-hydroxylation sites is 1. The number of hydrogen-bond donors (Lipinski definition) is 3. The van der Waals surface area contributed by atoms with Crippen molar-refractivity contribution in [3.05, 3.63) is 76.6 Å². The summed E-state index contributed by atoms with van der Waals surface area (Å²) in [5.74, 6) is -2.06. The van der Waals surface area contributed by atoms with E-state index in [-0.39, 0.29) is 25.3 Å². The van der Waals surface area contributed by atoms with Crippen LogP contribution in [0.1, 0.15) is 40.2 Å². The first-order valence-corrected chi connectivity index (χ1v) is 13.4. The van der Waals surface area contributed by atoms with Crippen molar-refractivity contribution < 1.29 is 22.0 Å². The molecule has 0 bridgehead atoms. The van der Waals surface area contributed by atoms with Crippen molar-refractivity contribution in [1.29, 1.82) is 0 Å². The van der Waals surface area contributed by atoms with E-state index in [4.69, 9.17) is 0 Å². The third kappa shape index (κ3) is 5.04. The Morgan fingerprint density at radius 2 is 1.94 bits per heavy atom. The molecular formula is C25H27F2N5O3S. The Balaban J connectivity index is 1.33. The van der Waals surface area contributed by atoms with Crippen LogP contribution in [-0.4, -0.2) is 54.4 Å². The number of hydrogen-bond acceptors (Lipinski definition) is 6. The van der Waals surface area contributed by atoms with Crippen molar-refractivity contribution >= 4 is 21.5 Å². The highest BCUT2D eigenvalue weighted by Crippen LogP contribution is 2.28. The highest BCUT2D eigenvalue weighted by molar-refractivity contribution is 7.89. The fourth-order valence-corrected chi connectivity index (χ4v) is 6.25. The van der Waals surface area contributed by atoms with Crippen LogP contribution in [0.15, 0.2) is 47.4 Å². The number of ketones is 1. The van der Waals surface area contributed by atoms with Gasteiger partial charge < -0.3 is 10.6 Å². The SMILES string of the molecule is O=C(Cc1n[nH]c2c1CN(S(=O)(=O)c1cc(F)cc(F)c1)CC2)c1ccccc1NC[C@@H]1CCCN1. The molecule has 0 spiro atoms. The van der Waals surface area contributed by atoms with Crippen LogP contribution < -0.4 is 10.6 Å². The summed E-state index contributed by atoms with van der Waals surface area (Å²) in [7, 11) is -4.14. The van der Waals surface area contributed by atoms with Gasteiger partial charge in [0.25, 0.3) is 0 Å². The zero-order valence-electron chi connectivity index (χ0n) is 19.6. The van der Waals surface area contributed by atoms with Gasteiger partial charge in [0.15, 0.2) is 5.78 Å². The monoisotopic (exact) mass is 515 g/mol. The first-order valence-electron chi connectivity index (χ1n) is 11.9. The lowest BCUT2D eigenvalue weighted by Crippen LogP contribution is -2.36. The lowest BCUT2D eigenvalue weighted by Gasteiger charge is -2.26. The fraction of sp³-hybridized carbons (Fsp3) is 0.360. The largest absolute Gasteiger partial charge is 0.383 e. The molecule has 2 aliphatic heterocycles. The average molecular weight is 516 g/mol. The number of halogens is 2. The molecule has 1 aromatic heterocycles. The molecule has 2 aromatic carbocycles. The number of Topliss-reactive ketones (excluding diaryl/α,β-unsaturated/α-hetero) is 1. The topological polar surface area (TPSA) is 107 Å². The minimum atomic E-state index is -4.14. The predicted molar refractivity (Wildman–Crippen MR) is 130 cm³/mol. The summed E-state index contributed by atoms with van der Waals surface area (Å²) in [6.07, 6.45) is 2.57. The number of nitrogens with one attached hydrogen (secondary N) is 3. The molecule has 3 aromatic rings. The van der Waals surface area contributed by atoms with E-state index in [1.807, 2.05) is 12.1 Å². The molecule has 1 saturated heterocycles. The zero-order chi connectivity index (χ0) is 25.3. The van der Waals surface area contributed by atoms with Crippen molar-refractivity contribution in [3.8, 4) is 0 Å². The maximum atomic E-state index is 13.7. The Hall–Kier alpha value is -3.15. The van der Waals surface area contributed by atoms with E-state index < -0.39 is 26.6 Å². The summed E-state index contributed by atoms with van der Waals surface area (Å²) in [5, 5.41) is 14.0. The molecule has 3 heterocycles. The lowest BCUT2D eigenvalue weighted by atomic mass is 10.00. The number of carbonyl (C=O) groups excluding carboxylic acids is 1. The number of aromatic amines is 1. The lowest BCUT2D eigenvalue weighted by molar-refractivity contribution is 0.0992. The van der Waals surface area contributed by atoms with E-state index in [0.717, 1.165) is 53.8 Å². The first-order chi connectivity index (χ1) is 17.3. The molecule has 0 aliphatic carbocycles. The second-order valence-corrected chi connectivity index (χ2v) is 11.1. The number of fused-ring (bicyclic) bond motifs is 1. The Labute approximate surface area is 208 Å². The number of anilines is 1. The third-order valence-corrected chi connectivity index (χ3v) is 8.54. The first kappa shape index (κ1) is 24.5. The number of H-pyrrole nitrogens is 1. The quantitative estimate of drug-likeness (QED) is 0.398. The molecule has 36 heavy (non-hydrogen) atoms. The standard InChI is InChI=1S/C25H27F2N5O3S/c26-16-10-17(27)12-19(11-16)36(34,35)32-9-7-23-21(15-32)24(31-30-23)13-25(33)20-5-1-2-6-22(20)29-14-18-4-3-8-28-18/h1-2,5-6,10-12,18,28-29H,3-4,7-9,13-15H2,(H,30,31)/t18-/m0/s1. The molecular weight excluding hydrogens is 488 g/mol. The van der Waals surface area contributed by atoms with Crippen LogP contribution in [0, 0.1) is 11.6 Å². The zero-order valence-corrected chi connectivity index (χ0v) is 20.4. The summed E-state index contributed by atoms with van der Waals surface area (Å²) in [4.78, 5) is 12.8.